The van der Waals surface area contributed by atoms with Crippen molar-refractivity contribution in [3.63, 3.8) is 0 Å². The van der Waals surface area contributed by atoms with E-state index in [1.54, 1.807) is 0 Å². The minimum absolute atomic E-state index is 0.0459. The Hall–Kier alpha value is -1.98. The van der Waals surface area contributed by atoms with Crippen molar-refractivity contribution >= 4 is 17.6 Å². The molecule has 1 saturated heterocycles. The molecular weight excluding hydrogens is 198 g/mol. The lowest BCUT2D eigenvalue weighted by Gasteiger charge is -2.14. The average Bonchev–Trinajstić information content (AvgIpc) is 2.62. The Morgan fingerprint density at radius 3 is 2.67 bits per heavy atom. The van der Waals surface area contributed by atoms with Gasteiger partial charge < -0.3 is 10.0 Å². The number of carbonyl (C=O) groups excluding carboxylic acids is 1. The minimum atomic E-state index is -0.942. The van der Waals surface area contributed by atoms with E-state index in [9.17, 15) is 9.59 Å². The third kappa shape index (κ3) is 1.78. The normalized spacial score (nSPS) is 20.7. The Kier molecular flexibility index (Phi) is 2.32. The van der Waals surface area contributed by atoms with E-state index in [2.05, 4.69) is 9.97 Å². The van der Waals surface area contributed by atoms with Crippen molar-refractivity contribution in [2.24, 2.45) is 5.92 Å². The summed E-state index contributed by atoms with van der Waals surface area (Å²) in [7, 11) is 0. The van der Waals surface area contributed by atoms with E-state index in [0.717, 1.165) is 0 Å². The first-order valence-electron chi connectivity index (χ1n) is 4.46. The molecule has 0 aliphatic carbocycles. The van der Waals surface area contributed by atoms with E-state index in [4.69, 9.17) is 5.11 Å². The smallest absolute Gasteiger partial charge is 0.308 e. The van der Waals surface area contributed by atoms with Crippen LogP contribution in [-0.4, -0.2) is 33.5 Å². The molecule has 0 saturated carbocycles. The number of anilines is 1. The molecule has 1 aliphatic heterocycles. The summed E-state index contributed by atoms with van der Waals surface area (Å²) in [6.45, 7) is 0.196. The van der Waals surface area contributed by atoms with Gasteiger partial charge in [-0.15, -0.1) is 0 Å². The van der Waals surface area contributed by atoms with E-state index in [-0.39, 0.29) is 18.9 Å². The van der Waals surface area contributed by atoms with Gasteiger partial charge in [-0.05, 0) is 0 Å². The summed E-state index contributed by atoms with van der Waals surface area (Å²) in [5, 5.41) is 8.79. The number of amides is 1. The molecule has 1 N–H and O–H groups in total. The Balaban J connectivity index is 2.19. The van der Waals surface area contributed by atoms with Gasteiger partial charge in [0.15, 0.2) is 0 Å². The fraction of sp³-hybridized carbons (Fsp3) is 0.333. The number of carboxylic acid groups (broad SMARTS) is 1. The minimum Gasteiger partial charge on any atom is -0.481 e. The molecule has 15 heavy (non-hydrogen) atoms. The van der Waals surface area contributed by atoms with Crippen LogP contribution in [0.1, 0.15) is 6.42 Å². The average molecular weight is 207 g/mol. The Morgan fingerprint density at radius 2 is 2.13 bits per heavy atom. The van der Waals surface area contributed by atoms with Crippen LogP contribution in [-0.2, 0) is 9.59 Å². The number of carbonyl (C=O) groups is 2. The third-order valence-corrected chi connectivity index (χ3v) is 2.33. The zero-order valence-electron chi connectivity index (χ0n) is 7.83. The van der Waals surface area contributed by atoms with Crippen LogP contribution in [0.15, 0.2) is 18.7 Å². The van der Waals surface area contributed by atoms with Crippen LogP contribution < -0.4 is 4.90 Å². The predicted molar refractivity (Wildman–Crippen MR) is 50.1 cm³/mol. The first-order chi connectivity index (χ1) is 7.18. The van der Waals surface area contributed by atoms with Gasteiger partial charge >= 0.3 is 5.97 Å². The van der Waals surface area contributed by atoms with Gasteiger partial charge in [0.1, 0.15) is 6.33 Å². The Labute approximate surface area is 85.6 Å². The van der Waals surface area contributed by atoms with Crippen molar-refractivity contribution in [2.75, 3.05) is 11.4 Å². The highest BCUT2D eigenvalue weighted by molar-refractivity contribution is 5.98. The van der Waals surface area contributed by atoms with Crippen molar-refractivity contribution in [3.05, 3.63) is 18.7 Å². The number of nitrogens with zero attached hydrogens (tertiary/aromatic N) is 3. The molecule has 78 valence electrons. The monoisotopic (exact) mass is 207 g/mol. The van der Waals surface area contributed by atoms with E-state index < -0.39 is 11.9 Å². The lowest BCUT2D eigenvalue weighted by Crippen LogP contribution is -2.25. The SMILES string of the molecule is O=C(O)C1CC(=O)N(c2cncnc2)C1. The second kappa shape index (κ2) is 3.64. The molecule has 0 aromatic carbocycles. The lowest BCUT2D eigenvalue weighted by atomic mass is 10.1. The Bertz CT molecular complexity index is 393. The second-order valence-electron chi connectivity index (χ2n) is 3.34. The zero-order valence-corrected chi connectivity index (χ0v) is 7.83. The first-order valence-corrected chi connectivity index (χ1v) is 4.46. The van der Waals surface area contributed by atoms with Gasteiger partial charge in [0, 0.05) is 13.0 Å². The summed E-state index contributed by atoms with van der Waals surface area (Å²) in [6.07, 6.45) is 4.40. The number of rotatable bonds is 2. The van der Waals surface area contributed by atoms with Crippen molar-refractivity contribution < 1.29 is 14.7 Å². The zero-order chi connectivity index (χ0) is 10.8. The van der Waals surface area contributed by atoms with Crippen LogP contribution in [0, 0.1) is 5.92 Å². The molecule has 1 aliphatic rings. The summed E-state index contributed by atoms with van der Waals surface area (Å²) in [5.74, 6) is -1.77. The largest absolute Gasteiger partial charge is 0.481 e. The number of aliphatic carboxylic acids is 1. The van der Waals surface area contributed by atoms with Gasteiger partial charge in [-0.2, -0.15) is 0 Å². The fourth-order valence-corrected chi connectivity index (χ4v) is 1.55. The number of carboxylic acids is 1. The molecule has 1 aromatic heterocycles. The molecule has 2 rings (SSSR count). The molecule has 6 heteroatoms. The molecule has 0 radical (unpaired) electrons. The Morgan fingerprint density at radius 1 is 1.47 bits per heavy atom. The van der Waals surface area contributed by atoms with E-state index in [1.165, 1.54) is 23.6 Å². The van der Waals surface area contributed by atoms with Gasteiger partial charge in [0.2, 0.25) is 5.91 Å². The van der Waals surface area contributed by atoms with Crippen LogP contribution in [0.5, 0.6) is 0 Å². The summed E-state index contributed by atoms with van der Waals surface area (Å²) in [5.41, 5.74) is 0.547. The van der Waals surface area contributed by atoms with Crippen LogP contribution in [0.2, 0.25) is 0 Å². The molecular formula is C9H9N3O3. The third-order valence-electron chi connectivity index (χ3n) is 2.33. The molecule has 0 bridgehead atoms. The van der Waals surface area contributed by atoms with Crippen molar-refractivity contribution in [3.8, 4) is 0 Å². The van der Waals surface area contributed by atoms with Gasteiger partial charge in [-0.3, -0.25) is 9.59 Å². The highest BCUT2D eigenvalue weighted by atomic mass is 16.4. The van der Waals surface area contributed by atoms with Gasteiger partial charge in [-0.25, -0.2) is 9.97 Å². The lowest BCUT2D eigenvalue weighted by molar-refractivity contribution is -0.141. The van der Waals surface area contributed by atoms with Crippen LogP contribution >= 0.6 is 0 Å². The highest BCUT2D eigenvalue weighted by Gasteiger charge is 2.35. The number of aromatic nitrogens is 2. The molecule has 1 aromatic rings. The summed E-state index contributed by atoms with van der Waals surface area (Å²) in [4.78, 5) is 31.2. The number of hydrogen-bond acceptors (Lipinski definition) is 4. The van der Waals surface area contributed by atoms with E-state index >= 15 is 0 Å². The van der Waals surface area contributed by atoms with Crippen molar-refractivity contribution in [1.82, 2.24) is 9.97 Å². The molecule has 1 fully saturated rings. The predicted octanol–water partition coefficient (Wildman–Crippen LogP) is -0.0859. The highest BCUT2D eigenvalue weighted by Crippen LogP contribution is 2.23. The van der Waals surface area contributed by atoms with Gasteiger partial charge in [0.25, 0.3) is 0 Å². The summed E-state index contributed by atoms with van der Waals surface area (Å²) < 4.78 is 0. The molecule has 1 amide bonds. The molecule has 0 spiro atoms. The first kappa shape index (κ1) is 9.57. The van der Waals surface area contributed by atoms with Gasteiger partial charge in [0.05, 0.1) is 24.0 Å². The van der Waals surface area contributed by atoms with Crippen LogP contribution in [0.25, 0.3) is 0 Å². The molecule has 6 nitrogen and oxygen atoms in total. The molecule has 1 unspecified atom stereocenters. The quantitative estimate of drug-likeness (QED) is 0.732. The van der Waals surface area contributed by atoms with E-state index in [0.29, 0.717) is 5.69 Å². The van der Waals surface area contributed by atoms with Gasteiger partial charge in [-0.1, -0.05) is 0 Å². The van der Waals surface area contributed by atoms with Crippen LogP contribution in [0.4, 0.5) is 5.69 Å². The molecule has 2 heterocycles. The maximum absolute atomic E-state index is 11.5. The van der Waals surface area contributed by atoms with E-state index in [1.807, 2.05) is 0 Å². The topological polar surface area (TPSA) is 83.4 Å². The molecule has 1 atom stereocenters. The summed E-state index contributed by atoms with van der Waals surface area (Å²) >= 11 is 0. The maximum atomic E-state index is 11.5. The van der Waals surface area contributed by atoms with Crippen molar-refractivity contribution in [2.45, 2.75) is 6.42 Å². The summed E-state index contributed by atoms with van der Waals surface area (Å²) in [6, 6.07) is 0. The second-order valence-corrected chi connectivity index (χ2v) is 3.34. The maximum Gasteiger partial charge on any atom is 0.308 e. The van der Waals surface area contributed by atoms with Crippen LogP contribution in [0.3, 0.4) is 0 Å². The van der Waals surface area contributed by atoms with Crippen molar-refractivity contribution in [1.29, 1.82) is 0 Å². The fourth-order valence-electron chi connectivity index (χ4n) is 1.55. The standard InChI is InChI=1S/C9H9N3O3/c13-8-1-6(9(14)15)4-12(8)7-2-10-5-11-3-7/h2-3,5-6H,1,4H2,(H,14,15). The number of hydrogen-bond donors (Lipinski definition) is 1.